The van der Waals surface area contributed by atoms with Gasteiger partial charge in [-0.15, -0.1) is 0 Å². The van der Waals surface area contributed by atoms with Crippen molar-refractivity contribution < 1.29 is 14.5 Å². The van der Waals surface area contributed by atoms with E-state index in [1.54, 1.807) is 24.3 Å². The number of allylic oxidation sites excluding steroid dienone is 3. The summed E-state index contributed by atoms with van der Waals surface area (Å²) in [6, 6.07) is 23.6. The molecule has 6 heteroatoms. The number of rotatable bonds is 3. The highest BCUT2D eigenvalue weighted by Gasteiger charge is 2.50. The molecule has 0 radical (unpaired) electrons. The van der Waals surface area contributed by atoms with Crippen LogP contribution in [0.4, 0.5) is 11.4 Å². The maximum Gasteiger partial charge on any atom is 0.273 e. The van der Waals surface area contributed by atoms with Crippen LogP contribution in [0.15, 0.2) is 95.7 Å². The second-order valence-electron chi connectivity index (χ2n) is 10.4. The van der Waals surface area contributed by atoms with Crippen molar-refractivity contribution in [3.8, 4) is 0 Å². The van der Waals surface area contributed by atoms with E-state index in [1.165, 1.54) is 6.07 Å². The largest absolute Gasteiger partial charge is 0.313 e. The number of hydrogen-bond donors (Lipinski definition) is 0. The molecular weight excluding hydrogens is 452 g/mol. The van der Waals surface area contributed by atoms with Crippen LogP contribution in [0.5, 0.6) is 0 Å². The number of anilines is 1. The second-order valence-corrected chi connectivity index (χ2v) is 10.4. The molecule has 0 amide bonds. The number of carbonyl (C=O) groups excluding carboxylic acids is 2. The number of benzene rings is 3. The van der Waals surface area contributed by atoms with Crippen molar-refractivity contribution >= 4 is 28.6 Å². The molecule has 1 unspecified atom stereocenters. The lowest BCUT2D eigenvalue weighted by Crippen LogP contribution is -2.39. The first-order chi connectivity index (χ1) is 17.3. The zero-order valence-electron chi connectivity index (χ0n) is 20.0. The van der Waals surface area contributed by atoms with E-state index in [0.29, 0.717) is 40.8 Å². The van der Waals surface area contributed by atoms with Gasteiger partial charge in [-0.25, -0.2) is 0 Å². The van der Waals surface area contributed by atoms with Gasteiger partial charge < -0.3 is 4.90 Å². The topological polar surface area (TPSA) is 80.5 Å². The van der Waals surface area contributed by atoms with Crippen LogP contribution >= 0.6 is 0 Å². The molecule has 0 spiro atoms. The summed E-state index contributed by atoms with van der Waals surface area (Å²) in [5.74, 6) is -1.06. The molecule has 3 aromatic carbocycles. The second kappa shape index (κ2) is 7.85. The van der Waals surface area contributed by atoms with E-state index in [0.717, 1.165) is 16.9 Å². The Kier molecular flexibility index (Phi) is 4.83. The van der Waals surface area contributed by atoms with Gasteiger partial charge in [-0.3, -0.25) is 19.7 Å². The predicted octanol–water partition coefficient (Wildman–Crippen LogP) is 6.45. The molecule has 0 saturated heterocycles. The highest BCUT2D eigenvalue weighted by Crippen LogP contribution is 2.57. The lowest BCUT2D eigenvalue weighted by Gasteiger charge is -2.44. The quantitative estimate of drug-likeness (QED) is 0.321. The molecule has 36 heavy (non-hydrogen) atoms. The Labute approximate surface area is 208 Å². The van der Waals surface area contributed by atoms with Gasteiger partial charge in [0.05, 0.1) is 16.5 Å². The van der Waals surface area contributed by atoms with Gasteiger partial charge in [-0.05, 0) is 24.0 Å². The minimum atomic E-state index is -0.805. The molecule has 0 saturated carbocycles. The van der Waals surface area contributed by atoms with E-state index in [1.807, 2.05) is 48.5 Å². The van der Waals surface area contributed by atoms with Crippen LogP contribution < -0.4 is 4.90 Å². The van der Waals surface area contributed by atoms with Crippen LogP contribution in [0.3, 0.4) is 0 Å². The first-order valence-corrected chi connectivity index (χ1v) is 12.0. The van der Waals surface area contributed by atoms with Gasteiger partial charge in [0.15, 0.2) is 11.6 Å². The van der Waals surface area contributed by atoms with Gasteiger partial charge in [-0.1, -0.05) is 74.5 Å². The average molecular weight is 477 g/mol. The van der Waals surface area contributed by atoms with Gasteiger partial charge in [-0.2, -0.15) is 0 Å². The molecule has 0 N–H and O–H groups in total. The van der Waals surface area contributed by atoms with Crippen molar-refractivity contribution in [2.75, 3.05) is 4.90 Å². The van der Waals surface area contributed by atoms with E-state index < -0.39 is 10.8 Å². The van der Waals surface area contributed by atoms with Crippen LogP contribution in [-0.4, -0.2) is 16.5 Å². The monoisotopic (exact) mass is 476 g/mol. The van der Waals surface area contributed by atoms with Crippen molar-refractivity contribution in [1.29, 1.82) is 0 Å². The number of ketones is 2. The van der Waals surface area contributed by atoms with Crippen LogP contribution in [0.25, 0.3) is 5.70 Å². The first-order valence-electron chi connectivity index (χ1n) is 12.0. The number of Topliss-reactive ketones (excluding diaryl/α,β-unsaturated/α-hetero) is 2. The Hall–Kier alpha value is -4.32. The minimum absolute atomic E-state index is 0.0689. The summed E-state index contributed by atoms with van der Waals surface area (Å²) in [4.78, 5) is 41.6. The summed E-state index contributed by atoms with van der Waals surface area (Å²) in [6.07, 6.45) is 0.919. The number of hydrogen-bond acceptors (Lipinski definition) is 5. The third kappa shape index (κ3) is 3.18. The summed E-state index contributed by atoms with van der Waals surface area (Å²) in [7, 11) is 0. The zero-order valence-corrected chi connectivity index (χ0v) is 20.0. The third-order valence-electron chi connectivity index (χ3n) is 7.35. The van der Waals surface area contributed by atoms with Crippen molar-refractivity contribution in [3.63, 3.8) is 0 Å². The number of nitrogens with zero attached hydrogens (tertiary/aromatic N) is 2. The summed E-state index contributed by atoms with van der Waals surface area (Å²) < 4.78 is 0. The molecule has 3 aromatic rings. The van der Waals surface area contributed by atoms with E-state index in [9.17, 15) is 19.7 Å². The molecule has 6 rings (SSSR count). The van der Waals surface area contributed by atoms with Crippen LogP contribution in [0.1, 0.15) is 54.1 Å². The van der Waals surface area contributed by atoms with E-state index in [-0.39, 0.29) is 22.7 Å². The van der Waals surface area contributed by atoms with E-state index >= 15 is 0 Å². The van der Waals surface area contributed by atoms with Crippen LogP contribution in [0, 0.1) is 15.5 Å². The molecular formula is C30H24N2O4. The van der Waals surface area contributed by atoms with Crippen molar-refractivity contribution in [2.45, 2.75) is 32.6 Å². The summed E-state index contributed by atoms with van der Waals surface area (Å²) in [5.41, 5.74) is 4.65. The maximum atomic E-state index is 14.0. The molecule has 0 fully saturated rings. The maximum absolute atomic E-state index is 14.0. The Bertz CT molecular complexity index is 1530. The Morgan fingerprint density at radius 2 is 1.47 bits per heavy atom. The molecule has 2 aliphatic carbocycles. The van der Waals surface area contributed by atoms with Crippen molar-refractivity contribution in [1.82, 2.24) is 0 Å². The fourth-order valence-corrected chi connectivity index (χ4v) is 5.97. The van der Waals surface area contributed by atoms with E-state index in [2.05, 4.69) is 18.7 Å². The van der Waals surface area contributed by atoms with Gasteiger partial charge >= 0.3 is 0 Å². The highest BCUT2D eigenvalue weighted by atomic mass is 16.6. The summed E-state index contributed by atoms with van der Waals surface area (Å²) in [5, 5.41) is 12.1. The van der Waals surface area contributed by atoms with Crippen molar-refractivity contribution in [2.24, 2.45) is 5.41 Å². The smallest absolute Gasteiger partial charge is 0.273 e. The fourth-order valence-electron chi connectivity index (χ4n) is 5.97. The molecule has 1 heterocycles. The van der Waals surface area contributed by atoms with Crippen molar-refractivity contribution in [3.05, 3.63) is 123 Å². The molecule has 6 nitrogen and oxygen atoms in total. The fraction of sp³-hybridized carbons (Fsp3) is 0.200. The molecule has 1 aliphatic heterocycles. The van der Waals surface area contributed by atoms with Gasteiger partial charge in [0.2, 0.25) is 0 Å². The number of para-hydroxylation sites is 2. The zero-order chi connectivity index (χ0) is 25.2. The predicted molar refractivity (Wildman–Crippen MR) is 137 cm³/mol. The normalized spacial score (nSPS) is 20.3. The molecule has 178 valence electrons. The standard InChI is InChI=1S/C30H24N2O4/c1-30(2)16-23-26(24(33)17-30)25(21-14-8-9-15-22(21)32(35)36)27-28(31(23)18-10-4-3-5-11-18)19-12-6-7-13-20(19)29(27)34/h3-15,25H,16-17H2,1-2H3. The number of fused-ring (bicyclic) bond motifs is 2. The number of nitro benzene ring substituents is 1. The SMILES string of the molecule is CC1(C)CC(=O)C2=C(C1)N(c1ccccc1)C1=C(C(=O)c3ccccc31)C2c1ccccc1[N+](=O)[O-]. The van der Waals surface area contributed by atoms with Gasteiger partial charge in [0.1, 0.15) is 0 Å². The summed E-state index contributed by atoms with van der Waals surface area (Å²) >= 11 is 0. The third-order valence-corrected chi connectivity index (χ3v) is 7.35. The molecule has 1 atom stereocenters. The molecule has 3 aliphatic rings. The van der Waals surface area contributed by atoms with Crippen LogP contribution in [0.2, 0.25) is 0 Å². The number of carbonyl (C=O) groups is 2. The van der Waals surface area contributed by atoms with Gasteiger partial charge in [0.25, 0.3) is 5.69 Å². The lowest BCUT2D eigenvalue weighted by atomic mass is 9.67. The average Bonchev–Trinajstić information content (AvgIpc) is 3.15. The molecule has 0 bridgehead atoms. The highest BCUT2D eigenvalue weighted by molar-refractivity contribution is 6.26. The van der Waals surface area contributed by atoms with E-state index in [4.69, 9.17) is 0 Å². The number of nitro groups is 1. The summed E-state index contributed by atoms with van der Waals surface area (Å²) in [6.45, 7) is 4.13. The van der Waals surface area contributed by atoms with Gasteiger partial charge in [0, 0.05) is 51.7 Å². The molecule has 0 aromatic heterocycles. The Morgan fingerprint density at radius 3 is 2.19 bits per heavy atom. The first kappa shape index (κ1) is 22.2. The van der Waals surface area contributed by atoms with Crippen LogP contribution in [-0.2, 0) is 4.79 Å². The minimum Gasteiger partial charge on any atom is -0.313 e. The Balaban J connectivity index is 1.73. The lowest BCUT2D eigenvalue weighted by molar-refractivity contribution is -0.385. The Morgan fingerprint density at radius 1 is 0.833 bits per heavy atom.